The van der Waals surface area contributed by atoms with E-state index in [2.05, 4.69) is 10.1 Å². The van der Waals surface area contributed by atoms with Crippen LogP contribution in [0.15, 0.2) is 30.6 Å². The van der Waals surface area contributed by atoms with Gasteiger partial charge in [-0.2, -0.15) is 5.10 Å². The number of fused-ring (bicyclic) bond motifs is 1. The second-order valence-corrected chi connectivity index (χ2v) is 5.30. The molecule has 0 bridgehead atoms. The third-order valence-electron chi connectivity index (χ3n) is 3.74. The lowest BCUT2D eigenvalue weighted by Crippen LogP contribution is -2.35. The molecular formula is C15H20N4O2. The number of amides is 1. The summed E-state index contributed by atoms with van der Waals surface area (Å²) in [5.41, 5.74) is 1.69. The van der Waals surface area contributed by atoms with E-state index in [0.717, 1.165) is 12.2 Å². The van der Waals surface area contributed by atoms with Gasteiger partial charge in [0.15, 0.2) is 0 Å². The number of carbonyl (C=O) groups excluding carboxylic acids is 1. The Morgan fingerprint density at radius 2 is 2.38 bits per heavy atom. The highest BCUT2D eigenvalue weighted by Crippen LogP contribution is 2.18. The molecule has 3 heterocycles. The van der Waals surface area contributed by atoms with Crippen LogP contribution in [0.25, 0.3) is 0 Å². The summed E-state index contributed by atoms with van der Waals surface area (Å²) in [6.45, 7) is 5.37. The number of nitrogens with zero attached hydrogens (tertiary/aromatic N) is 3. The van der Waals surface area contributed by atoms with Gasteiger partial charge in [-0.1, -0.05) is 0 Å². The molecule has 0 saturated carbocycles. The van der Waals surface area contributed by atoms with Crippen molar-refractivity contribution in [3.63, 3.8) is 0 Å². The molecule has 0 spiro atoms. The molecule has 2 aromatic heterocycles. The van der Waals surface area contributed by atoms with Crippen LogP contribution in [0.1, 0.15) is 23.1 Å². The van der Waals surface area contributed by atoms with Gasteiger partial charge >= 0.3 is 0 Å². The summed E-state index contributed by atoms with van der Waals surface area (Å²) in [6, 6.07) is 5.62. The summed E-state index contributed by atoms with van der Waals surface area (Å²) in [5, 5.41) is 4.35. The van der Waals surface area contributed by atoms with Crippen molar-refractivity contribution in [3.05, 3.63) is 42.0 Å². The normalized spacial score (nSPS) is 18.3. The van der Waals surface area contributed by atoms with E-state index in [9.17, 15) is 4.79 Å². The first-order valence-corrected chi connectivity index (χ1v) is 7.29. The summed E-state index contributed by atoms with van der Waals surface area (Å²) in [6.07, 6.45) is 3.56. The molecule has 0 radical (unpaired) electrons. The first-order valence-electron chi connectivity index (χ1n) is 7.29. The third-order valence-corrected chi connectivity index (χ3v) is 3.74. The molecule has 1 aliphatic rings. The maximum absolute atomic E-state index is 12.6. The van der Waals surface area contributed by atoms with Crippen LogP contribution < -0.4 is 0 Å². The molecule has 0 unspecified atom stereocenters. The van der Waals surface area contributed by atoms with Gasteiger partial charge in [-0.15, -0.1) is 0 Å². The zero-order valence-electron chi connectivity index (χ0n) is 12.2. The lowest BCUT2D eigenvalue weighted by atomic mass is 10.1. The number of rotatable bonds is 4. The van der Waals surface area contributed by atoms with E-state index < -0.39 is 0 Å². The van der Waals surface area contributed by atoms with Crippen molar-refractivity contribution in [1.29, 1.82) is 0 Å². The lowest BCUT2D eigenvalue weighted by Gasteiger charge is -2.23. The minimum absolute atomic E-state index is 0.0242. The van der Waals surface area contributed by atoms with E-state index in [1.165, 1.54) is 0 Å². The highest BCUT2D eigenvalue weighted by molar-refractivity contribution is 5.92. The van der Waals surface area contributed by atoms with E-state index in [0.29, 0.717) is 32.0 Å². The maximum Gasteiger partial charge on any atom is 0.270 e. The predicted molar refractivity (Wildman–Crippen MR) is 77.7 cm³/mol. The first-order chi connectivity index (χ1) is 10.3. The van der Waals surface area contributed by atoms with Crippen LogP contribution in [0.4, 0.5) is 0 Å². The predicted octanol–water partition coefficient (Wildman–Crippen LogP) is 1.52. The van der Waals surface area contributed by atoms with Crippen LogP contribution in [-0.4, -0.2) is 45.3 Å². The van der Waals surface area contributed by atoms with Gasteiger partial charge in [-0.25, -0.2) is 0 Å². The van der Waals surface area contributed by atoms with Gasteiger partial charge < -0.3 is 14.6 Å². The topological polar surface area (TPSA) is 63.1 Å². The fourth-order valence-corrected chi connectivity index (χ4v) is 2.71. The molecule has 0 fully saturated rings. The molecule has 1 amide bonds. The zero-order valence-corrected chi connectivity index (χ0v) is 12.2. The Morgan fingerprint density at radius 1 is 1.48 bits per heavy atom. The Hall–Kier alpha value is -2.08. The smallest absolute Gasteiger partial charge is 0.270 e. The molecule has 112 valence electrons. The molecule has 1 aliphatic heterocycles. The van der Waals surface area contributed by atoms with Gasteiger partial charge in [-0.3, -0.25) is 9.48 Å². The van der Waals surface area contributed by atoms with Gasteiger partial charge in [0.05, 0.1) is 18.8 Å². The van der Waals surface area contributed by atoms with E-state index in [1.54, 1.807) is 12.4 Å². The molecule has 2 aromatic rings. The standard InChI is InChI=1S/C15H20N4O2/c1-2-21-11-12-8-18(15(20)14-4-3-6-16-14)10-13-5-7-17-19(13)9-12/h3-7,12,16H,2,8-11H2,1H3/t12-/m0/s1. The van der Waals surface area contributed by atoms with Crippen molar-refractivity contribution >= 4 is 5.91 Å². The number of aromatic amines is 1. The van der Waals surface area contributed by atoms with Gasteiger partial charge in [-0.05, 0) is 25.1 Å². The molecule has 0 aliphatic carbocycles. The molecule has 6 nitrogen and oxygen atoms in total. The van der Waals surface area contributed by atoms with Crippen molar-refractivity contribution in [1.82, 2.24) is 19.7 Å². The van der Waals surface area contributed by atoms with Crippen LogP contribution in [0.2, 0.25) is 0 Å². The van der Waals surface area contributed by atoms with Crippen LogP contribution in [0.3, 0.4) is 0 Å². The summed E-state index contributed by atoms with van der Waals surface area (Å²) in [4.78, 5) is 17.4. The molecule has 0 aromatic carbocycles. The van der Waals surface area contributed by atoms with Gasteiger partial charge in [0, 0.05) is 38.0 Å². The third kappa shape index (κ3) is 3.00. The second kappa shape index (κ2) is 6.13. The lowest BCUT2D eigenvalue weighted by molar-refractivity contribution is 0.0613. The molecule has 1 atom stereocenters. The van der Waals surface area contributed by atoms with Crippen molar-refractivity contribution in [2.75, 3.05) is 19.8 Å². The maximum atomic E-state index is 12.6. The van der Waals surface area contributed by atoms with E-state index in [-0.39, 0.29) is 11.8 Å². The van der Waals surface area contributed by atoms with E-state index in [4.69, 9.17) is 4.74 Å². The van der Waals surface area contributed by atoms with E-state index in [1.807, 2.05) is 34.7 Å². The Morgan fingerprint density at radius 3 is 3.14 bits per heavy atom. The average molecular weight is 288 g/mol. The van der Waals surface area contributed by atoms with Crippen LogP contribution in [-0.2, 0) is 17.8 Å². The van der Waals surface area contributed by atoms with Gasteiger partial charge in [0.25, 0.3) is 5.91 Å². The van der Waals surface area contributed by atoms with Crippen molar-refractivity contribution in [2.45, 2.75) is 20.0 Å². The summed E-state index contributed by atoms with van der Waals surface area (Å²) in [7, 11) is 0. The summed E-state index contributed by atoms with van der Waals surface area (Å²) >= 11 is 0. The Labute approximate surface area is 123 Å². The molecule has 21 heavy (non-hydrogen) atoms. The first kappa shape index (κ1) is 13.9. The van der Waals surface area contributed by atoms with Crippen LogP contribution >= 0.6 is 0 Å². The summed E-state index contributed by atoms with van der Waals surface area (Å²) < 4.78 is 7.53. The quantitative estimate of drug-likeness (QED) is 0.927. The fourth-order valence-electron chi connectivity index (χ4n) is 2.71. The van der Waals surface area contributed by atoms with Crippen molar-refractivity contribution < 1.29 is 9.53 Å². The molecule has 6 heteroatoms. The average Bonchev–Trinajstić information content (AvgIpc) is 3.13. The van der Waals surface area contributed by atoms with E-state index >= 15 is 0 Å². The van der Waals surface area contributed by atoms with Gasteiger partial charge in [0.2, 0.25) is 0 Å². The van der Waals surface area contributed by atoms with Gasteiger partial charge in [0.1, 0.15) is 5.69 Å². The Balaban J connectivity index is 1.81. The number of ether oxygens (including phenoxy) is 1. The number of carbonyl (C=O) groups is 1. The zero-order chi connectivity index (χ0) is 14.7. The second-order valence-electron chi connectivity index (χ2n) is 5.30. The van der Waals surface area contributed by atoms with Crippen molar-refractivity contribution in [3.8, 4) is 0 Å². The minimum Gasteiger partial charge on any atom is -0.381 e. The number of aromatic nitrogens is 3. The summed E-state index contributed by atoms with van der Waals surface area (Å²) in [5.74, 6) is 0.279. The number of hydrogen-bond acceptors (Lipinski definition) is 3. The Bertz CT molecular complexity index is 591. The van der Waals surface area contributed by atoms with Crippen LogP contribution in [0, 0.1) is 5.92 Å². The highest BCUT2D eigenvalue weighted by atomic mass is 16.5. The number of H-pyrrole nitrogens is 1. The molecule has 3 rings (SSSR count). The number of nitrogens with one attached hydrogen (secondary N) is 1. The van der Waals surface area contributed by atoms with Crippen LogP contribution in [0.5, 0.6) is 0 Å². The molecule has 1 N–H and O–H groups in total. The molecular weight excluding hydrogens is 268 g/mol. The minimum atomic E-state index is 0.0242. The monoisotopic (exact) mass is 288 g/mol. The van der Waals surface area contributed by atoms with Crippen molar-refractivity contribution in [2.24, 2.45) is 5.92 Å². The largest absolute Gasteiger partial charge is 0.381 e. The number of hydrogen-bond donors (Lipinski definition) is 1. The fraction of sp³-hybridized carbons (Fsp3) is 0.467. The Kier molecular flexibility index (Phi) is 4.06. The highest BCUT2D eigenvalue weighted by Gasteiger charge is 2.26. The molecule has 0 saturated heterocycles. The SMILES string of the molecule is CCOC[C@H]1CN(C(=O)c2ccc[nH]2)Cc2ccnn2C1.